The van der Waals surface area contributed by atoms with E-state index < -0.39 is 0 Å². The van der Waals surface area contributed by atoms with Crippen molar-refractivity contribution in [2.45, 2.75) is 19.3 Å². The van der Waals surface area contributed by atoms with Crippen molar-refractivity contribution in [3.63, 3.8) is 0 Å². The van der Waals surface area contributed by atoms with E-state index in [-0.39, 0.29) is 5.41 Å². The topological polar surface area (TPSA) is 39.4 Å². The average molecular weight is 1910 g/mol. The maximum Gasteiger partial charge on any atom is 0.0548 e. The molecule has 0 amide bonds. The SMILES string of the molecule is Cn1c2ccccc2c2c3c4ccccc4n(-c4ccc(-c5ccc(-c6ccccc6)cc5)cc4)c3ccc21.Cn1c2ccccc2c2c3c4ccccc4n(-c4ccc5c(c4)C(C)(C)c4ccccc4-5)c3ccc21.Cn1c2ccccc2c2c3c4ccccc4n(-c4ccc5c(c4)sc4ccccc45)c3ccc21.Cn1c2ccccc2c2c3c4ccccc4n(-c4cccc(-c5ccc(-c6ccccc6)cc5)c4)c3ccc21. The first-order valence-corrected chi connectivity index (χ1v) is 52.0. The van der Waals surface area contributed by atoms with Crippen molar-refractivity contribution in [1.29, 1.82) is 0 Å². The molecule has 0 spiro atoms. The predicted octanol–water partition coefficient (Wildman–Crippen LogP) is 37.1. The summed E-state index contributed by atoms with van der Waals surface area (Å²) in [5.41, 5.74) is 40.2. The molecule has 1 aliphatic carbocycles. The van der Waals surface area contributed by atoms with Crippen LogP contribution >= 0.6 is 11.3 Å². The maximum atomic E-state index is 2.46. The molecule has 32 rings (SSSR count). The number of thiophene rings is 1. The van der Waals surface area contributed by atoms with Crippen LogP contribution in [0.3, 0.4) is 0 Å². The summed E-state index contributed by atoms with van der Waals surface area (Å²) < 4.78 is 21.7. The van der Waals surface area contributed by atoms with Gasteiger partial charge in [-0.15, -0.1) is 11.3 Å². The molecule has 31 aromatic rings. The van der Waals surface area contributed by atoms with Crippen LogP contribution in [0.1, 0.15) is 25.0 Å². The van der Waals surface area contributed by atoms with E-state index >= 15 is 0 Å². The highest BCUT2D eigenvalue weighted by Crippen LogP contribution is 2.53. The van der Waals surface area contributed by atoms with E-state index in [2.05, 4.69) is 564 Å². The van der Waals surface area contributed by atoms with Crippen molar-refractivity contribution in [3.05, 3.63) is 496 Å². The first-order valence-electron chi connectivity index (χ1n) is 51.2. The summed E-state index contributed by atoms with van der Waals surface area (Å²) in [6.45, 7) is 4.71. The first-order chi connectivity index (χ1) is 72.9. The van der Waals surface area contributed by atoms with Gasteiger partial charge in [-0.3, -0.25) is 0 Å². The largest absolute Gasteiger partial charge is 0.344 e. The quantitative estimate of drug-likeness (QED) is 0.145. The molecule has 9 heterocycles. The highest BCUT2D eigenvalue weighted by Gasteiger charge is 2.36. The molecule has 0 radical (unpaired) electrons. The van der Waals surface area contributed by atoms with Crippen molar-refractivity contribution in [3.8, 4) is 78.4 Å². The van der Waals surface area contributed by atoms with Gasteiger partial charge in [0.1, 0.15) is 0 Å². The lowest BCUT2D eigenvalue weighted by Crippen LogP contribution is -2.15. The lowest BCUT2D eigenvalue weighted by Gasteiger charge is -2.22. The molecular formula is C139H98N8S. The highest BCUT2D eigenvalue weighted by molar-refractivity contribution is 7.25. The zero-order chi connectivity index (χ0) is 98.4. The van der Waals surface area contributed by atoms with Crippen LogP contribution in [0.2, 0.25) is 0 Å². The second kappa shape index (κ2) is 33.8. The zero-order valence-corrected chi connectivity index (χ0v) is 83.5. The van der Waals surface area contributed by atoms with Gasteiger partial charge >= 0.3 is 0 Å². The molecule has 0 fully saturated rings. The van der Waals surface area contributed by atoms with E-state index in [0.29, 0.717) is 0 Å². The molecule has 8 nitrogen and oxygen atoms in total. The van der Waals surface area contributed by atoms with Crippen molar-refractivity contribution in [2.75, 3.05) is 0 Å². The number of fused-ring (bicyclic) bond motifs is 34. The van der Waals surface area contributed by atoms with Gasteiger partial charge in [0, 0.05) is 207 Å². The van der Waals surface area contributed by atoms with E-state index in [0.717, 1.165) is 0 Å². The van der Waals surface area contributed by atoms with Crippen molar-refractivity contribution in [2.24, 2.45) is 28.2 Å². The van der Waals surface area contributed by atoms with Gasteiger partial charge in [0.05, 0.1) is 44.1 Å². The number of hydrogen-bond donors (Lipinski definition) is 0. The third kappa shape index (κ3) is 13.2. The summed E-state index contributed by atoms with van der Waals surface area (Å²) in [7, 11) is 8.68. The summed E-state index contributed by atoms with van der Waals surface area (Å²) in [6.07, 6.45) is 0. The van der Waals surface area contributed by atoms with Gasteiger partial charge in [-0.05, 0) is 218 Å². The standard InChI is InChI=1S/2C37H26N2.C34H26N2.C31H20N2S/c1-38-32-16-7-5-14-30(32)36-34(38)22-23-35-37(36)31-15-6-8-17-33(31)39(35)29-13-9-12-28(24-29)27-20-18-26(19-21-27)25-10-3-2-4-11-25;1-38-32-13-7-5-11-30(32)36-34(38)23-24-35-37(36)31-12-6-8-14-33(31)39(35)29-21-19-28(20-22-29)27-17-15-26(16-18-27)25-9-3-2-4-10-25;1-34(2)26-13-7-4-10-22(26)23-17-16-21(20-27(23)34)36-29-15-9-6-12-25(29)33-31(36)19-18-30-32(33)24-11-5-8-14-28(24)35(30)3;1-32-24-11-5-2-9-22(24)30-26(32)16-17-27-31(30)23-10-3-6-12-25(23)33(27)19-14-15-21-20-8-4-7-13-28(20)34-29(21)18-19/h2*2-24H,1H3;4-20H,1-3H3;2-18H,1H3. The maximum absolute atomic E-state index is 2.46. The molecule has 0 saturated heterocycles. The molecule has 0 atom stereocenters. The molecule has 1 aliphatic rings. The average Bonchev–Trinajstić information content (AvgIpc) is 1.55. The molecule has 700 valence electrons. The second-order valence-electron chi connectivity index (χ2n) is 40.3. The van der Waals surface area contributed by atoms with E-state index in [9.17, 15) is 0 Å². The van der Waals surface area contributed by atoms with Crippen LogP contribution in [0.4, 0.5) is 0 Å². The Hall–Kier alpha value is -18.5. The molecule has 9 aromatic heterocycles. The molecule has 0 saturated carbocycles. The van der Waals surface area contributed by atoms with Gasteiger partial charge in [-0.25, -0.2) is 0 Å². The van der Waals surface area contributed by atoms with Crippen LogP contribution < -0.4 is 0 Å². The minimum Gasteiger partial charge on any atom is -0.344 e. The minimum absolute atomic E-state index is 0.0242. The number of aromatic nitrogens is 8. The summed E-state index contributed by atoms with van der Waals surface area (Å²) in [5.74, 6) is 0. The molecule has 0 unspecified atom stereocenters. The van der Waals surface area contributed by atoms with Gasteiger partial charge < -0.3 is 36.5 Å². The Morgan fingerprint density at radius 2 is 0.412 bits per heavy atom. The second-order valence-corrected chi connectivity index (χ2v) is 41.4. The van der Waals surface area contributed by atoms with Crippen LogP contribution in [0.15, 0.2) is 485 Å². The molecule has 0 bridgehead atoms. The number of aryl methyl sites for hydroxylation is 4. The minimum atomic E-state index is -0.0242. The Balaban J connectivity index is 0.0000000931. The Morgan fingerprint density at radius 3 is 0.811 bits per heavy atom. The third-order valence-corrected chi connectivity index (χ3v) is 33.3. The van der Waals surface area contributed by atoms with E-state index in [1.54, 1.807) is 0 Å². The van der Waals surface area contributed by atoms with E-state index in [1.807, 2.05) is 11.3 Å². The Kier molecular flexibility index (Phi) is 19.7. The van der Waals surface area contributed by atoms with Gasteiger partial charge in [-0.1, -0.05) is 347 Å². The smallest absolute Gasteiger partial charge is 0.0548 e. The monoisotopic (exact) mass is 1910 g/mol. The van der Waals surface area contributed by atoms with Gasteiger partial charge in [0.2, 0.25) is 0 Å². The normalized spacial score (nSPS) is 12.4. The molecule has 9 heteroatoms. The molecule has 0 aliphatic heterocycles. The van der Waals surface area contributed by atoms with E-state index in [4.69, 9.17) is 0 Å². The van der Waals surface area contributed by atoms with Crippen LogP contribution in [0, 0.1) is 0 Å². The lowest BCUT2D eigenvalue weighted by molar-refractivity contribution is 0.660. The fourth-order valence-electron chi connectivity index (χ4n) is 25.2. The zero-order valence-electron chi connectivity index (χ0n) is 82.7. The number of para-hydroxylation sites is 8. The summed E-state index contributed by atoms with van der Waals surface area (Å²) in [6, 6.07) is 177. The summed E-state index contributed by atoms with van der Waals surface area (Å²) >= 11 is 1.87. The van der Waals surface area contributed by atoms with Crippen LogP contribution in [-0.2, 0) is 33.6 Å². The first kappa shape index (κ1) is 86.2. The lowest BCUT2D eigenvalue weighted by atomic mass is 9.82. The van der Waals surface area contributed by atoms with Crippen molar-refractivity contribution in [1.82, 2.24) is 36.5 Å². The Morgan fingerprint density at radius 1 is 0.155 bits per heavy atom. The van der Waals surface area contributed by atoms with Gasteiger partial charge in [0.25, 0.3) is 0 Å². The number of nitrogens with zero attached hydrogens (tertiary/aromatic N) is 8. The van der Waals surface area contributed by atoms with Gasteiger partial charge in [-0.2, -0.15) is 0 Å². The van der Waals surface area contributed by atoms with Crippen LogP contribution in [0.25, 0.3) is 273 Å². The number of rotatable bonds is 8. The third-order valence-electron chi connectivity index (χ3n) is 32.2. The highest BCUT2D eigenvalue weighted by atomic mass is 32.1. The van der Waals surface area contributed by atoms with Gasteiger partial charge in [0.15, 0.2) is 0 Å². The van der Waals surface area contributed by atoms with E-state index in [1.165, 1.54) is 284 Å². The Bertz CT molecular complexity index is 10900. The van der Waals surface area contributed by atoms with Crippen molar-refractivity contribution >= 4 is 206 Å². The van der Waals surface area contributed by atoms with Crippen LogP contribution in [0.5, 0.6) is 0 Å². The summed E-state index contributed by atoms with van der Waals surface area (Å²) in [4.78, 5) is 0. The molecular weight excluding hydrogens is 1810 g/mol. The Labute approximate surface area is 858 Å². The molecule has 0 N–H and O–H groups in total. The number of hydrogen-bond acceptors (Lipinski definition) is 1. The van der Waals surface area contributed by atoms with Crippen LogP contribution in [-0.4, -0.2) is 36.5 Å². The number of benzene rings is 22. The fraction of sp³-hybridized carbons (Fsp3) is 0.0504. The molecule has 22 aromatic carbocycles. The summed E-state index contributed by atoms with van der Waals surface area (Å²) in [5, 5.41) is 23.7. The fourth-order valence-corrected chi connectivity index (χ4v) is 26.4. The van der Waals surface area contributed by atoms with Crippen molar-refractivity contribution < 1.29 is 0 Å². The predicted molar refractivity (Wildman–Crippen MR) is 631 cm³/mol. The molecule has 148 heavy (non-hydrogen) atoms.